The fourth-order valence-electron chi connectivity index (χ4n) is 12.3. The standard InChI is InChI=1S/C52H76/c1-15-35(4)32-46-50(12)33-39(8)47(37(6)25-20-18-16-17-19-24-36(5)34(2)3)41(10)52(50,14)42(11)49-40(9)48-38(7)26-23-29-44(48)45(51(46,49)13)31-30-43-27-21-22-28-43/h23,26,29,36,43,45-46H,2,4,6,9-10,15-22,24-25,27-28,30-33H2,1,3,5,7-8,11-14H3/t36?,45-,46+,50+,51-,52-/m1/s1. The first-order valence-corrected chi connectivity index (χ1v) is 21.5. The van der Waals surface area contributed by atoms with Gasteiger partial charge in [-0.3, -0.25) is 0 Å². The van der Waals surface area contributed by atoms with Crippen LogP contribution in [0.2, 0.25) is 0 Å². The van der Waals surface area contributed by atoms with Crippen LogP contribution in [0.3, 0.4) is 0 Å². The summed E-state index contributed by atoms with van der Waals surface area (Å²) < 4.78 is 0. The highest BCUT2D eigenvalue weighted by Crippen LogP contribution is 2.76. The van der Waals surface area contributed by atoms with Crippen LogP contribution in [0.4, 0.5) is 0 Å². The zero-order valence-corrected chi connectivity index (χ0v) is 35.4. The number of unbranched alkanes of at least 4 members (excludes halogenated alkanes) is 4. The van der Waals surface area contributed by atoms with E-state index in [2.05, 4.69) is 87.1 Å². The summed E-state index contributed by atoms with van der Waals surface area (Å²) >= 11 is 0. The molecule has 0 aliphatic heterocycles. The Hall–Kier alpha value is -2.60. The van der Waals surface area contributed by atoms with Crippen molar-refractivity contribution in [1.29, 1.82) is 0 Å². The molecule has 4 aliphatic carbocycles. The molecule has 0 heteroatoms. The van der Waals surface area contributed by atoms with Gasteiger partial charge < -0.3 is 0 Å². The molecular weight excluding hydrogens is 625 g/mol. The number of hydrogen-bond donors (Lipinski definition) is 0. The summed E-state index contributed by atoms with van der Waals surface area (Å²) in [5.41, 5.74) is 16.7. The van der Waals surface area contributed by atoms with Crippen LogP contribution in [0.25, 0.3) is 5.57 Å². The van der Waals surface area contributed by atoms with Crippen molar-refractivity contribution in [2.24, 2.45) is 34.0 Å². The van der Waals surface area contributed by atoms with Crippen LogP contribution in [0.15, 0.2) is 95.7 Å². The lowest BCUT2D eigenvalue weighted by molar-refractivity contribution is -0.0412. The molecule has 0 bridgehead atoms. The van der Waals surface area contributed by atoms with Gasteiger partial charge in [0, 0.05) is 10.8 Å². The van der Waals surface area contributed by atoms with Gasteiger partial charge in [-0.25, -0.2) is 0 Å². The van der Waals surface area contributed by atoms with Gasteiger partial charge in [0.1, 0.15) is 0 Å². The Kier molecular flexibility index (Phi) is 12.5. The highest BCUT2D eigenvalue weighted by atomic mass is 14.7. The van der Waals surface area contributed by atoms with Gasteiger partial charge in [0.15, 0.2) is 0 Å². The Morgan fingerprint density at radius 1 is 0.904 bits per heavy atom. The Balaban J connectivity index is 1.54. The fraction of sp³-hybridized carbons (Fsp3) is 0.615. The number of rotatable bonds is 16. The molecule has 1 saturated carbocycles. The molecule has 0 N–H and O–H groups in total. The predicted octanol–water partition coefficient (Wildman–Crippen LogP) is 16.2. The largest absolute Gasteiger partial charge is 0.0999 e. The highest BCUT2D eigenvalue weighted by molar-refractivity contribution is 5.87. The molecule has 0 nitrogen and oxygen atoms in total. The lowest BCUT2D eigenvalue weighted by Crippen LogP contribution is -2.59. The van der Waals surface area contributed by atoms with E-state index in [9.17, 15) is 0 Å². The smallest absolute Gasteiger partial charge is 0.0197 e. The average molecular weight is 701 g/mol. The van der Waals surface area contributed by atoms with Crippen molar-refractivity contribution in [3.8, 4) is 0 Å². The van der Waals surface area contributed by atoms with Gasteiger partial charge >= 0.3 is 0 Å². The van der Waals surface area contributed by atoms with Crippen molar-refractivity contribution in [3.05, 3.63) is 112 Å². The van der Waals surface area contributed by atoms with E-state index in [1.807, 2.05) is 0 Å². The van der Waals surface area contributed by atoms with Crippen LogP contribution in [0.5, 0.6) is 0 Å². The maximum absolute atomic E-state index is 5.09. The molecule has 1 fully saturated rings. The van der Waals surface area contributed by atoms with Gasteiger partial charge in [-0.05, 0) is 153 Å². The van der Waals surface area contributed by atoms with Gasteiger partial charge in [0.2, 0.25) is 0 Å². The third kappa shape index (κ3) is 6.92. The van der Waals surface area contributed by atoms with Crippen molar-refractivity contribution in [2.75, 3.05) is 0 Å². The van der Waals surface area contributed by atoms with Gasteiger partial charge in [-0.1, -0.05) is 159 Å². The Labute approximate surface area is 321 Å². The third-order valence-corrected chi connectivity index (χ3v) is 15.9. The second-order valence-corrected chi connectivity index (χ2v) is 19.0. The maximum atomic E-state index is 5.09. The first kappa shape index (κ1) is 40.6. The van der Waals surface area contributed by atoms with E-state index in [1.54, 1.807) is 11.1 Å². The number of benzene rings is 1. The van der Waals surface area contributed by atoms with E-state index < -0.39 is 0 Å². The normalized spacial score (nSPS) is 29.6. The summed E-state index contributed by atoms with van der Waals surface area (Å²) in [4.78, 5) is 0. The molecule has 1 aromatic carbocycles. The maximum Gasteiger partial charge on any atom is 0.0197 e. The fourth-order valence-corrected chi connectivity index (χ4v) is 12.3. The molecule has 1 aromatic rings. The molecular formula is C52H76. The van der Waals surface area contributed by atoms with E-state index in [4.69, 9.17) is 26.3 Å². The Morgan fingerprint density at radius 3 is 2.21 bits per heavy atom. The highest BCUT2D eigenvalue weighted by Gasteiger charge is 2.66. The predicted molar refractivity (Wildman–Crippen MR) is 231 cm³/mol. The monoisotopic (exact) mass is 701 g/mol. The summed E-state index contributed by atoms with van der Waals surface area (Å²) in [7, 11) is 0. The molecule has 5 rings (SSSR count). The molecule has 0 amide bonds. The van der Waals surface area contributed by atoms with Crippen LogP contribution >= 0.6 is 0 Å². The van der Waals surface area contributed by atoms with Crippen LogP contribution in [0, 0.1) is 40.9 Å². The first-order chi connectivity index (χ1) is 24.5. The third-order valence-electron chi connectivity index (χ3n) is 15.9. The number of hydrogen-bond acceptors (Lipinski definition) is 0. The summed E-state index contributed by atoms with van der Waals surface area (Å²) in [5.74, 6) is 2.40. The second-order valence-electron chi connectivity index (χ2n) is 19.0. The lowest BCUT2D eigenvalue weighted by Gasteiger charge is -2.68. The first-order valence-electron chi connectivity index (χ1n) is 21.5. The molecule has 52 heavy (non-hydrogen) atoms. The average Bonchev–Trinajstić information content (AvgIpc) is 3.61. The lowest BCUT2D eigenvalue weighted by atomic mass is 9.35. The van der Waals surface area contributed by atoms with Crippen LogP contribution in [-0.4, -0.2) is 0 Å². The summed E-state index contributed by atoms with van der Waals surface area (Å²) in [6.07, 6.45) is 20.2. The molecule has 0 heterocycles. The minimum absolute atomic E-state index is 0.00741. The van der Waals surface area contributed by atoms with Crippen molar-refractivity contribution in [1.82, 2.24) is 0 Å². The number of allylic oxidation sites excluding steroid dienone is 9. The Morgan fingerprint density at radius 2 is 1.56 bits per heavy atom. The van der Waals surface area contributed by atoms with E-state index in [-0.39, 0.29) is 16.2 Å². The van der Waals surface area contributed by atoms with Crippen LogP contribution in [0.1, 0.15) is 181 Å². The summed E-state index contributed by atoms with van der Waals surface area (Å²) in [5, 5.41) is 0. The zero-order valence-electron chi connectivity index (χ0n) is 35.4. The van der Waals surface area contributed by atoms with Gasteiger partial charge in [-0.15, -0.1) is 0 Å². The van der Waals surface area contributed by atoms with Crippen molar-refractivity contribution >= 4 is 5.57 Å². The van der Waals surface area contributed by atoms with E-state index in [0.717, 1.165) is 31.6 Å². The molecule has 0 saturated heterocycles. The van der Waals surface area contributed by atoms with Crippen LogP contribution < -0.4 is 0 Å². The van der Waals surface area contributed by atoms with Gasteiger partial charge in [-0.2, -0.15) is 0 Å². The minimum Gasteiger partial charge on any atom is -0.0999 e. The molecule has 0 radical (unpaired) electrons. The SMILES string of the molecule is C=C(CC)C[C@@H]1[C@]2(C)C(=C(C)[C@@]3(C)C(=C)C(C(=C)CCCCCCCC(C)C(=C)C)=C(C)C[C@@]13C)C(=C)c1c(C)cccc1[C@H]2CCC1CCCC1. The van der Waals surface area contributed by atoms with Crippen molar-refractivity contribution in [2.45, 2.75) is 171 Å². The van der Waals surface area contributed by atoms with Gasteiger partial charge in [0.25, 0.3) is 0 Å². The topological polar surface area (TPSA) is 0 Å². The van der Waals surface area contributed by atoms with E-state index in [0.29, 0.717) is 17.8 Å². The molecule has 0 aromatic heterocycles. The second kappa shape index (κ2) is 16.0. The van der Waals surface area contributed by atoms with E-state index in [1.165, 1.54) is 133 Å². The molecule has 6 atom stereocenters. The zero-order chi connectivity index (χ0) is 38.2. The van der Waals surface area contributed by atoms with Crippen molar-refractivity contribution < 1.29 is 0 Å². The number of fused-ring (bicyclic) bond motifs is 3. The number of aryl methyl sites for hydroxylation is 1. The summed E-state index contributed by atoms with van der Waals surface area (Å²) in [6.45, 7) is 45.7. The summed E-state index contributed by atoms with van der Waals surface area (Å²) in [6, 6.07) is 7.11. The quantitative estimate of drug-likeness (QED) is 0.119. The molecule has 4 aliphatic rings. The van der Waals surface area contributed by atoms with Gasteiger partial charge in [0.05, 0.1) is 0 Å². The minimum atomic E-state index is -0.197. The molecule has 1 unspecified atom stereocenters. The molecule has 284 valence electrons. The van der Waals surface area contributed by atoms with Crippen LogP contribution in [-0.2, 0) is 0 Å². The van der Waals surface area contributed by atoms with E-state index >= 15 is 0 Å². The Bertz CT molecular complexity index is 1640. The molecule has 0 spiro atoms. The van der Waals surface area contributed by atoms with Crippen molar-refractivity contribution in [3.63, 3.8) is 0 Å².